The van der Waals surface area contributed by atoms with E-state index < -0.39 is 0 Å². The summed E-state index contributed by atoms with van der Waals surface area (Å²) in [5.41, 5.74) is 3.17. The van der Waals surface area contributed by atoms with Crippen molar-refractivity contribution in [3.05, 3.63) is 29.3 Å². The van der Waals surface area contributed by atoms with Crippen LogP contribution in [0.25, 0.3) is 0 Å². The molecule has 0 atom stereocenters. The van der Waals surface area contributed by atoms with Gasteiger partial charge in [-0.2, -0.15) is 0 Å². The predicted molar refractivity (Wildman–Crippen MR) is 80.3 cm³/mol. The number of nitrogens with one attached hydrogen (secondary N) is 1. The second kappa shape index (κ2) is 6.55. The summed E-state index contributed by atoms with van der Waals surface area (Å²) in [6.07, 6.45) is 2.60. The van der Waals surface area contributed by atoms with Gasteiger partial charge in [0.15, 0.2) is 5.78 Å². The Hall–Kier alpha value is -1.84. The molecule has 2 rings (SSSR count). The first-order chi connectivity index (χ1) is 9.61. The number of Topliss-reactive ketones (excluding diaryl/α,β-unsaturated/α-hetero) is 1. The van der Waals surface area contributed by atoms with Gasteiger partial charge in [-0.1, -0.05) is 0 Å². The third-order valence-electron chi connectivity index (χ3n) is 3.68. The van der Waals surface area contributed by atoms with Crippen molar-refractivity contribution < 1.29 is 9.59 Å². The number of anilines is 1. The van der Waals surface area contributed by atoms with Crippen LogP contribution in [0.2, 0.25) is 0 Å². The Balaban J connectivity index is 2.08. The quantitative estimate of drug-likeness (QED) is 0.837. The third-order valence-corrected chi connectivity index (χ3v) is 3.68. The van der Waals surface area contributed by atoms with Crippen molar-refractivity contribution in [1.29, 1.82) is 0 Å². The van der Waals surface area contributed by atoms with Crippen molar-refractivity contribution in [1.82, 2.24) is 5.32 Å². The number of carbonyl (C=O) groups is 2. The van der Waals surface area contributed by atoms with E-state index in [4.69, 9.17) is 0 Å². The minimum atomic E-state index is 0.0972. The molecule has 1 aromatic rings. The van der Waals surface area contributed by atoms with Gasteiger partial charge in [0, 0.05) is 37.3 Å². The fraction of sp³-hybridized carbons (Fsp3) is 0.500. The zero-order valence-corrected chi connectivity index (χ0v) is 12.2. The Morgan fingerprint density at radius 1 is 1.35 bits per heavy atom. The Bertz CT molecular complexity index is 511. The van der Waals surface area contributed by atoms with E-state index in [0.717, 1.165) is 31.5 Å². The number of ketones is 1. The molecule has 0 unspecified atom stereocenters. The van der Waals surface area contributed by atoms with E-state index in [0.29, 0.717) is 13.0 Å². The van der Waals surface area contributed by atoms with Crippen LogP contribution in [0.15, 0.2) is 18.2 Å². The van der Waals surface area contributed by atoms with E-state index in [1.165, 1.54) is 11.3 Å². The summed E-state index contributed by atoms with van der Waals surface area (Å²) in [5.74, 6) is 0.201. The van der Waals surface area contributed by atoms with Crippen molar-refractivity contribution in [2.45, 2.75) is 33.1 Å². The highest BCUT2D eigenvalue weighted by Gasteiger charge is 2.18. The summed E-state index contributed by atoms with van der Waals surface area (Å²) in [6, 6.07) is 5.89. The molecule has 4 nitrogen and oxygen atoms in total. The maximum absolute atomic E-state index is 11.6. The molecule has 108 valence electrons. The van der Waals surface area contributed by atoms with E-state index in [1.54, 1.807) is 6.92 Å². The smallest absolute Gasteiger partial charge is 0.221 e. The molecule has 0 aliphatic carbocycles. The minimum Gasteiger partial charge on any atom is -0.371 e. The van der Waals surface area contributed by atoms with Crippen LogP contribution in [0, 0.1) is 0 Å². The lowest BCUT2D eigenvalue weighted by molar-refractivity contribution is -0.120. The molecule has 0 bridgehead atoms. The topological polar surface area (TPSA) is 49.4 Å². The Labute approximate surface area is 120 Å². The van der Waals surface area contributed by atoms with Gasteiger partial charge < -0.3 is 10.2 Å². The highest BCUT2D eigenvalue weighted by atomic mass is 16.1. The molecule has 1 aliphatic heterocycles. The van der Waals surface area contributed by atoms with Gasteiger partial charge in [-0.05, 0) is 50.5 Å². The number of hydrogen-bond donors (Lipinski definition) is 1. The van der Waals surface area contributed by atoms with E-state index in [-0.39, 0.29) is 11.7 Å². The monoisotopic (exact) mass is 274 g/mol. The molecular weight excluding hydrogens is 252 g/mol. The standard InChI is InChI=1S/C16H22N2O2/c1-3-17-16(20)8-10-18-9-4-5-14-11-13(12(2)19)6-7-15(14)18/h6-7,11H,3-5,8-10H2,1-2H3,(H,17,20). The SMILES string of the molecule is CCNC(=O)CCN1CCCc2cc(C(C)=O)ccc21. The lowest BCUT2D eigenvalue weighted by Gasteiger charge is -2.31. The molecule has 1 heterocycles. The predicted octanol–water partition coefficient (Wildman–Crippen LogP) is 2.17. The number of aryl methyl sites for hydroxylation is 1. The van der Waals surface area contributed by atoms with Gasteiger partial charge in [0.1, 0.15) is 0 Å². The molecule has 0 saturated heterocycles. The zero-order valence-electron chi connectivity index (χ0n) is 12.2. The third kappa shape index (κ3) is 3.38. The number of hydrogen-bond acceptors (Lipinski definition) is 3. The average Bonchev–Trinajstić information content (AvgIpc) is 2.44. The van der Waals surface area contributed by atoms with Gasteiger partial charge in [-0.3, -0.25) is 9.59 Å². The largest absolute Gasteiger partial charge is 0.371 e. The molecule has 0 fully saturated rings. The summed E-state index contributed by atoms with van der Waals surface area (Å²) < 4.78 is 0. The number of fused-ring (bicyclic) bond motifs is 1. The maximum atomic E-state index is 11.6. The molecule has 0 saturated carbocycles. The summed E-state index contributed by atoms with van der Waals surface area (Å²) in [7, 11) is 0. The van der Waals surface area contributed by atoms with Crippen LogP contribution in [0.5, 0.6) is 0 Å². The van der Waals surface area contributed by atoms with Gasteiger partial charge in [0.25, 0.3) is 0 Å². The summed E-state index contributed by atoms with van der Waals surface area (Å²) in [6.45, 7) is 5.91. The van der Waals surface area contributed by atoms with Crippen LogP contribution in [0.4, 0.5) is 5.69 Å². The number of rotatable bonds is 5. The Morgan fingerprint density at radius 2 is 2.15 bits per heavy atom. The van der Waals surface area contributed by atoms with E-state index >= 15 is 0 Å². The normalized spacial score (nSPS) is 13.8. The van der Waals surface area contributed by atoms with Crippen LogP contribution in [-0.2, 0) is 11.2 Å². The first-order valence-corrected chi connectivity index (χ1v) is 7.27. The highest BCUT2D eigenvalue weighted by molar-refractivity contribution is 5.94. The fourth-order valence-electron chi connectivity index (χ4n) is 2.65. The molecule has 1 amide bonds. The van der Waals surface area contributed by atoms with Gasteiger partial charge in [-0.25, -0.2) is 0 Å². The van der Waals surface area contributed by atoms with E-state index in [2.05, 4.69) is 10.2 Å². The second-order valence-corrected chi connectivity index (χ2v) is 5.19. The van der Waals surface area contributed by atoms with Crippen LogP contribution < -0.4 is 10.2 Å². The Morgan fingerprint density at radius 3 is 2.85 bits per heavy atom. The average molecular weight is 274 g/mol. The molecular formula is C16H22N2O2. The molecule has 20 heavy (non-hydrogen) atoms. The number of carbonyl (C=O) groups excluding carboxylic acids is 2. The number of nitrogens with zero attached hydrogens (tertiary/aromatic N) is 1. The van der Waals surface area contributed by atoms with Crippen LogP contribution in [-0.4, -0.2) is 31.3 Å². The molecule has 0 spiro atoms. The van der Waals surface area contributed by atoms with Crippen molar-refractivity contribution in [3.63, 3.8) is 0 Å². The summed E-state index contributed by atoms with van der Waals surface area (Å²) in [5, 5.41) is 2.82. The zero-order chi connectivity index (χ0) is 14.5. The van der Waals surface area contributed by atoms with Crippen LogP contribution in [0.1, 0.15) is 42.6 Å². The molecule has 0 radical (unpaired) electrons. The molecule has 4 heteroatoms. The van der Waals surface area contributed by atoms with E-state index in [1.807, 2.05) is 25.1 Å². The number of amides is 1. The molecule has 1 aromatic carbocycles. The van der Waals surface area contributed by atoms with Gasteiger partial charge in [0.2, 0.25) is 5.91 Å². The first-order valence-electron chi connectivity index (χ1n) is 7.27. The fourth-order valence-corrected chi connectivity index (χ4v) is 2.65. The van der Waals surface area contributed by atoms with Crippen molar-refractivity contribution in [2.75, 3.05) is 24.5 Å². The Kier molecular flexibility index (Phi) is 4.77. The lowest BCUT2D eigenvalue weighted by atomic mass is 9.98. The second-order valence-electron chi connectivity index (χ2n) is 5.19. The number of benzene rings is 1. The first kappa shape index (κ1) is 14.6. The van der Waals surface area contributed by atoms with Crippen LogP contribution >= 0.6 is 0 Å². The summed E-state index contributed by atoms with van der Waals surface area (Å²) in [4.78, 5) is 25.2. The van der Waals surface area contributed by atoms with Gasteiger partial charge in [0.05, 0.1) is 0 Å². The highest BCUT2D eigenvalue weighted by Crippen LogP contribution is 2.28. The van der Waals surface area contributed by atoms with Crippen molar-refractivity contribution in [3.8, 4) is 0 Å². The minimum absolute atomic E-state index is 0.0972. The molecule has 1 aliphatic rings. The van der Waals surface area contributed by atoms with E-state index in [9.17, 15) is 9.59 Å². The van der Waals surface area contributed by atoms with Crippen LogP contribution in [0.3, 0.4) is 0 Å². The summed E-state index contributed by atoms with van der Waals surface area (Å²) >= 11 is 0. The van der Waals surface area contributed by atoms with Crippen molar-refractivity contribution >= 4 is 17.4 Å². The maximum Gasteiger partial charge on any atom is 0.221 e. The van der Waals surface area contributed by atoms with Gasteiger partial charge >= 0.3 is 0 Å². The molecule has 1 N–H and O–H groups in total. The lowest BCUT2D eigenvalue weighted by Crippen LogP contribution is -2.34. The van der Waals surface area contributed by atoms with Gasteiger partial charge in [-0.15, -0.1) is 0 Å². The molecule has 0 aromatic heterocycles. The van der Waals surface area contributed by atoms with Crippen molar-refractivity contribution in [2.24, 2.45) is 0 Å².